The highest BCUT2D eigenvalue weighted by atomic mass is 16.5. The van der Waals surface area contributed by atoms with E-state index in [0.29, 0.717) is 11.5 Å². The molecule has 0 aromatic carbocycles. The van der Waals surface area contributed by atoms with E-state index in [9.17, 15) is 0 Å². The lowest BCUT2D eigenvalue weighted by molar-refractivity contribution is 0.116. The lowest BCUT2D eigenvalue weighted by Crippen LogP contribution is -2.41. The quantitative estimate of drug-likeness (QED) is 0.819. The molecule has 1 aliphatic heterocycles. The van der Waals surface area contributed by atoms with Crippen LogP contribution in [0.15, 0.2) is 11.8 Å². The molecule has 1 fully saturated rings. The SMILES string of the molecule is CCNC(C1=CCCCO1)C1CCC(C)(C)CC1. The summed E-state index contributed by atoms with van der Waals surface area (Å²) in [6, 6.07) is 0.464. The summed E-state index contributed by atoms with van der Waals surface area (Å²) in [5.41, 5.74) is 0.551. The van der Waals surface area contributed by atoms with Crippen LogP contribution in [-0.2, 0) is 4.74 Å². The van der Waals surface area contributed by atoms with E-state index in [-0.39, 0.29) is 0 Å². The highest BCUT2D eigenvalue weighted by molar-refractivity contribution is 5.08. The van der Waals surface area contributed by atoms with Gasteiger partial charge >= 0.3 is 0 Å². The van der Waals surface area contributed by atoms with Crippen molar-refractivity contribution in [1.82, 2.24) is 5.32 Å². The predicted octanol–water partition coefficient (Wildman–Crippen LogP) is 3.88. The Labute approximate surface area is 112 Å². The van der Waals surface area contributed by atoms with E-state index in [4.69, 9.17) is 4.74 Å². The van der Waals surface area contributed by atoms with Crippen molar-refractivity contribution >= 4 is 0 Å². The number of ether oxygens (including phenoxy) is 1. The summed E-state index contributed by atoms with van der Waals surface area (Å²) < 4.78 is 5.90. The van der Waals surface area contributed by atoms with Crippen molar-refractivity contribution in [3.8, 4) is 0 Å². The molecule has 0 bridgehead atoms. The van der Waals surface area contributed by atoms with Crippen molar-refractivity contribution in [2.75, 3.05) is 13.2 Å². The van der Waals surface area contributed by atoms with E-state index in [1.807, 2.05) is 0 Å². The van der Waals surface area contributed by atoms with Crippen molar-refractivity contribution in [2.45, 2.75) is 65.3 Å². The van der Waals surface area contributed by atoms with Crippen LogP contribution in [0.2, 0.25) is 0 Å². The van der Waals surface area contributed by atoms with E-state index in [2.05, 4.69) is 32.2 Å². The topological polar surface area (TPSA) is 21.3 Å². The molecule has 0 spiro atoms. The third kappa shape index (κ3) is 3.50. The average Bonchev–Trinajstić information content (AvgIpc) is 2.38. The van der Waals surface area contributed by atoms with Crippen LogP contribution in [0.25, 0.3) is 0 Å². The van der Waals surface area contributed by atoms with Crippen LogP contribution < -0.4 is 5.32 Å². The highest BCUT2D eigenvalue weighted by Gasteiger charge is 2.33. The van der Waals surface area contributed by atoms with Crippen LogP contribution in [0.3, 0.4) is 0 Å². The number of hydrogen-bond acceptors (Lipinski definition) is 2. The first-order valence-corrected chi connectivity index (χ1v) is 7.68. The Kier molecular flexibility index (Phi) is 4.71. The van der Waals surface area contributed by atoms with Gasteiger partial charge in [0.15, 0.2) is 0 Å². The van der Waals surface area contributed by atoms with E-state index in [1.54, 1.807) is 0 Å². The van der Waals surface area contributed by atoms with Gasteiger partial charge < -0.3 is 10.1 Å². The minimum atomic E-state index is 0.464. The Morgan fingerprint density at radius 1 is 1.39 bits per heavy atom. The summed E-state index contributed by atoms with van der Waals surface area (Å²) in [5.74, 6) is 2.00. The molecular weight excluding hydrogens is 222 g/mol. The van der Waals surface area contributed by atoms with E-state index in [1.165, 1.54) is 44.3 Å². The highest BCUT2D eigenvalue weighted by Crippen LogP contribution is 2.40. The average molecular weight is 251 g/mol. The smallest absolute Gasteiger partial charge is 0.109 e. The summed E-state index contributed by atoms with van der Waals surface area (Å²) in [4.78, 5) is 0. The molecule has 0 amide bonds. The largest absolute Gasteiger partial charge is 0.497 e. The monoisotopic (exact) mass is 251 g/mol. The van der Waals surface area contributed by atoms with E-state index < -0.39 is 0 Å². The van der Waals surface area contributed by atoms with Gasteiger partial charge in [-0.3, -0.25) is 0 Å². The number of likely N-dealkylation sites (N-methyl/N-ethyl adjacent to an activating group) is 1. The third-order valence-corrected chi connectivity index (χ3v) is 4.55. The molecule has 1 N–H and O–H groups in total. The van der Waals surface area contributed by atoms with Crippen molar-refractivity contribution < 1.29 is 4.74 Å². The Morgan fingerprint density at radius 2 is 2.11 bits per heavy atom. The molecule has 0 saturated heterocycles. The molecule has 1 aliphatic carbocycles. The Bertz CT molecular complexity index is 285. The molecule has 1 heterocycles. The molecule has 1 saturated carbocycles. The molecule has 2 heteroatoms. The normalized spacial score (nSPS) is 26.3. The summed E-state index contributed by atoms with van der Waals surface area (Å²) in [7, 11) is 0. The van der Waals surface area contributed by atoms with Gasteiger partial charge in [-0.2, -0.15) is 0 Å². The minimum absolute atomic E-state index is 0.464. The van der Waals surface area contributed by atoms with Gasteiger partial charge in [-0.05, 0) is 62.5 Å². The van der Waals surface area contributed by atoms with Crippen LogP contribution in [0, 0.1) is 11.3 Å². The fraction of sp³-hybridized carbons (Fsp3) is 0.875. The van der Waals surface area contributed by atoms with E-state index >= 15 is 0 Å². The number of rotatable bonds is 4. The molecule has 18 heavy (non-hydrogen) atoms. The zero-order valence-corrected chi connectivity index (χ0v) is 12.3. The molecule has 2 nitrogen and oxygen atoms in total. The van der Waals surface area contributed by atoms with Crippen molar-refractivity contribution in [2.24, 2.45) is 11.3 Å². The lowest BCUT2D eigenvalue weighted by Gasteiger charge is -2.39. The Morgan fingerprint density at radius 3 is 2.67 bits per heavy atom. The third-order valence-electron chi connectivity index (χ3n) is 4.55. The fourth-order valence-corrected chi connectivity index (χ4v) is 3.27. The minimum Gasteiger partial charge on any atom is -0.497 e. The second-order valence-corrected chi connectivity index (χ2v) is 6.63. The first-order valence-electron chi connectivity index (χ1n) is 7.68. The van der Waals surface area contributed by atoms with Gasteiger partial charge in [0.1, 0.15) is 5.76 Å². The molecule has 104 valence electrons. The molecule has 0 aromatic rings. The molecule has 1 unspecified atom stereocenters. The standard InChI is InChI=1S/C16H29NO/c1-4-17-15(14-7-5-6-12-18-14)13-8-10-16(2,3)11-9-13/h7,13,15,17H,4-6,8-12H2,1-3H3. The fourth-order valence-electron chi connectivity index (χ4n) is 3.27. The maximum atomic E-state index is 5.90. The van der Waals surface area contributed by atoms with Gasteiger partial charge in [0.25, 0.3) is 0 Å². The molecule has 0 aromatic heterocycles. The number of hydrogen-bond donors (Lipinski definition) is 1. The van der Waals surface area contributed by atoms with Crippen LogP contribution >= 0.6 is 0 Å². The van der Waals surface area contributed by atoms with Gasteiger partial charge in [0.2, 0.25) is 0 Å². The molecule has 0 radical (unpaired) electrons. The van der Waals surface area contributed by atoms with Gasteiger partial charge in [-0.1, -0.05) is 20.8 Å². The summed E-state index contributed by atoms with van der Waals surface area (Å²) in [6.07, 6.45) is 10.1. The molecule has 2 aliphatic rings. The van der Waals surface area contributed by atoms with Crippen LogP contribution in [0.5, 0.6) is 0 Å². The number of nitrogens with one attached hydrogen (secondary N) is 1. The Balaban J connectivity index is 1.99. The first kappa shape index (κ1) is 13.9. The van der Waals surface area contributed by atoms with Crippen LogP contribution in [0.4, 0.5) is 0 Å². The summed E-state index contributed by atoms with van der Waals surface area (Å²) >= 11 is 0. The Hall–Kier alpha value is -0.500. The first-order chi connectivity index (χ1) is 8.62. The van der Waals surface area contributed by atoms with Crippen LogP contribution in [-0.4, -0.2) is 19.2 Å². The van der Waals surface area contributed by atoms with Gasteiger partial charge in [0, 0.05) is 0 Å². The molecule has 2 rings (SSSR count). The molecule has 1 atom stereocenters. The number of allylic oxidation sites excluding steroid dienone is 1. The maximum Gasteiger partial charge on any atom is 0.109 e. The summed E-state index contributed by atoms with van der Waals surface area (Å²) in [6.45, 7) is 8.95. The van der Waals surface area contributed by atoms with Crippen LogP contribution in [0.1, 0.15) is 59.3 Å². The second-order valence-electron chi connectivity index (χ2n) is 6.63. The van der Waals surface area contributed by atoms with Crippen molar-refractivity contribution in [3.63, 3.8) is 0 Å². The lowest BCUT2D eigenvalue weighted by atomic mass is 9.70. The zero-order valence-electron chi connectivity index (χ0n) is 12.3. The van der Waals surface area contributed by atoms with Gasteiger partial charge in [0.05, 0.1) is 12.6 Å². The van der Waals surface area contributed by atoms with E-state index in [0.717, 1.165) is 19.1 Å². The second kappa shape index (κ2) is 6.10. The summed E-state index contributed by atoms with van der Waals surface area (Å²) in [5, 5.41) is 3.66. The van der Waals surface area contributed by atoms with Crippen molar-refractivity contribution in [1.29, 1.82) is 0 Å². The van der Waals surface area contributed by atoms with Crippen molar-refractivity contribution in [3.05, 3.63) is 11.8 Å². The zero-order chi connectivity index (χ0) is 13.0. The van der Waals surface area contributed by atoms with Gasteiger partial charge in [-0.15, -0.1) is 0 Å². The predicted molar refractivity (Wildman–Crippen MR) is 76.5 cm³/mol. The van der Waals surface area contributed by atoms with Gasteiger partial charge in [-0.25, -0.2) is 0 Å². The molecular formula is C16H29NO. The maximum absolute atomic E-state index is 5.90.